The van der Waals surface area contributed by atoms with E-state index in [1.807, 2.05) is 13.0 Å². The number of allylic oxidation sites excluding steroid dienone is 1. The molecule has 1 fully saturated rings. The number of rotatable bonds is 1. The van der Waals surface area contributed by atoms with Crippen molar-refractivity contribution in [2.24, 2.45) is 5.92 Å². The number of aliphatic hydroxyl groups excluding tert-OH is 1. The lowest BCUT2D eigenvalue weighted by Crippen LogP contribution is -2.31. The van der Waals surface area contributed by atoms with E-state index < -0.39 is 30.2 Å². The van der Waals surface area contributed by atoms with Gasteiger partial charge < -0.3 is 9.84 Å². The van der Waals surface area contributed by atoms with E-state index in [2.05, 4.69) is 18.0 Å². The molecule has 0 amide bonds. The Morgan fingerprint density at radius 1 is 1.45 bits per heavy atom. The molecule has 0 aromatic heterocycles. The van der Waals surface area contributed by atoms with Crippen molar-refractivity contribution in [3.05, 3.63) is 36.0 Å². The Morgan fingerprint density at radius 3 is 2.80 bits per heavy atom. The SMILES string of the molecule is C=C1CC(O)C2C(=C)C(=O)OC2C=C(C)CCC1OO. The number of carbonyl (C=O) groups is 1. The predicted octanol–water partition coefficient (Wildman–Crippen LogP) is 1.99. The zero-order valence-electron chi connectivity index (χ0n) is 11.5. The highest BCUT2D eigenvalue weighted by molar-refractivity contribution is 5.91. The maximum Gasteiger partial charge on any atom is 0.334 e. The molecule has 0 radical (unpaired) electrons. The van der Waals surface area contributed by atoms with Crippen LogP contribution in [0.15, 0.2) is 36.0 Å². The summed E-state index contributed by atoms with van der Waals surface area (Å²) in [6.07, 6.45) is 1.48. The molecule has 110 valence electrons. The Balaban J connectivity index is 2.31. The average Bonchev–Trinajstić information content (AvgIpc) is 2.64. The Hall–Kier alpha value is -1.43. The molecule has 20 heavy (non-hydrogen) atoms. The maximum absolute atomic E-state index is 11.6. The molecule has 5 heteroatoms. The maximum atomic E-state index is 11.6. The monoisotopic (exact) mass is 280 g/mol. The molecule has 1 heterocycles. The Labute approximate surface area is 118 Å². The summed E-state index contributed by atoms with van der Waals surface area (Å²) in [7, 11) is 0. The summed E-state index contributed by atoms with van der Waals surface area (Å²) in [5, 5.41) is 19.3. The predicted molar refractivity (Wildman–Crippen MR) is 72.8 cm³/mol. The van der Waals surface area contributed by atoms with Crippen molar-refractivity contribution in [3.63, 3.8) is 0 Å². The van der Waals surface area contributed by atoms with E-state index >= 15 is 0 Å². The number of aliphatic hydroxyl groups is 1. The third-order valence-electron chi connectivity index (χ3n) is 3.98. The minimum Gasteiger partial charge on any atom is -0.454 e. The molecule has 0 aromatic carbocycles. The lowest BCUT2D eigenvalue weighted by atomic mass is 9.84. The highest BCUT2D eigenvalue weighted by atomic mass is 17.1. The van der Waals surface area contributed by atoms with Gasteiger partial charge in [-0.2, -0.15) is 0 Å². The van der Waals surface area contributed by atoms with Gasteiger partial charge in [0.2, 0.25) is 0 Å². The summed E-state index contributed by atoms with van der Waals surface area (Å²) in [6.45, 7) is 9.48. The quantitative estimate of drug-likeness (QED) is 0.252. The van der Waals surface area contributed by atoms with Gasteiger partial charge in [-0.15, -0.1) is 0 Å². The molecular weight excluding hydrogens is 260 g/mol. The van der Waals surface area contributed by atoms with E-state index in [0.717, 1.165) is 5.57 Å². The van der Waals surface area contributed by atoms with Crippen LogP contribution in [0.5, 0.6) is 0 Å². The molecule has 4 unspecified atom stereocenters. The molecule has 2 aliphatic rings. The molecule has 1 saturated heterocycles. The first-order valence-corrected chi connectivity index (χ1v) is 6.67. The lowest BCUT2D eigenvalue weighted by molar-refractivity contribution is -0.270. The van der Waals surface area contributed by atoms with Gasteiger partial charge in [0.1, 0.15) is 12.2 Å². The van der Waals surface area contributed by atoms with Gasteiger partial charge in [-0.1, -0.05) is 18.7 Å². The molecular formula is C15H20O5. The topological polar surface area (TPSA) is 76.0 Å². The molecule has 1 aliphatic heterocycles. The van der Waals surface area contributed by atoms with Gasteiger partial charge >= 0.3 is 5.97 Å². The van der Waals surface area contributed by atoms with E-state index in [4.69, 9.17) is 9.99 Å². The zero-order chi connectivity index (χ0) is 14.9. The minimum atomic E-state index is -0.841. The van der Waals surface area contributed by atoms with Crippen molar-refractivity contribution < 1.29 is 24.8 Å². The van der Waals surface area contributed by atoms with Crippen molar-refractivity contribution >= 4 is 5.97 Å². The van der Waals surface area contributed by atoms with Gasteiger partial charge in [0.15, 0.2) is 0 Å². The van der Waals surface area contributed by atoms with Gasteiger partial charge in [-0.05, 0) is 37.8 Å². The standard InChI is InChI=1S/C15H20O5/c1-8-4-5-12(20-18)9(2)7-11(16)14-10(3)15(17)19-13(14)6-8/h6,11-14,16,18H,2-5,7H2,1H3. The molecule has 0 spiro atoms. The van der Waals surface area contributed by atoms with Gasteiger partial charge in [0.25, 0.3) is 0 Å². The number of fused-ring (bicyclic) bond motifs is 1. The Kier molecular flexibility index (Phi) is 4.42. The van der Waals surface area contributed by atoms with Crippen LogP contribution in [-0.2, 0) is 14.4 Å². The second-order valence-corrected chi connectivity index (χ2v) is 5.50. The van der Waals surface area contributed by atoms with E-state index in [0.29, 0.717) is 18.4 Å². The van der Waals surface area contributed by atoms with Crippen molar-refractivity contribution in [2.75, 3.05) is 0 Å². The van der Waals surface area contributed by atoms with Crippen molar-refractivity contribution in [1.82, 2.24) is 0 Å². The Morgan fingerprint density at radius 2 is 2.15 bits per heavy atom. The molecule has 0 saturated carbocycles. The summed E-state index contributed by atoms with van der Waals surface area (Å²) in [4.78, 5) is 16.1. The number of ether oxygens (including phenoxy) is 1. The Bertz CT molecular complexity index is 465. The first kappa shape index (κ1) is 15.0. The van der Waals surface area contributed by atoms with Crippen LogP contribution in [0, 0.1) is 5.92 Å². The lowest BCUT2D eigenvalue weighted by Gasteiger charge is -2.26. The zero-order valence-corrected chi connectivity index (χ0v) is 11.5. The van der Waals surface area contributed by atoms with E-state index in [-0.39, 0.29) is 12.0 Å². The molecule has 1 aliphatic carbocycles. The number of carbonyl (C=O) groups excluding carboxylic acids is 1. The second kappa shape index (κ2) is 5.91. The molecule has 0 aromatic rings. The fraction of sp³-hybridized carbons (Fsp3) is 0.533. The van der Waals surface area contributed by atoms with Gasteiger partial charge in [-0.3, -0.25) is 5.26 Å². The van der Waals surface area contributed by atoms with Crippen molar-refractivity contribution in [3.8, 4) is 0 Å². The third kappa shape index (κ3) is 2.85. The van der Waals surface area contributed by atoms with E-state index in [1.54, 1.807) is 0 Å². The summed E-state index contributed by atoms with van der Waals surface area (Å²) in [5.41, 5.74) is 1.88. The van der Waals surface area contributed by atoms with Crippen LogP contribution in [0.25, 0.3) is 0 Å². The van der Waals surface area contributed by atoms with Gasteiger partial charge in [-0.25, -0.2) is 9.68 Å². The van der Waals surface area contributed by atoms with Gasteiger partial charge in [0.05, 0.1) is 12.0 Å². The number of esters is 1. The fourth-order valence-corrected chi connectivity index (χ4v) is 2.78. The fourth-order valence-electron chi connectivity index (χ4n) is 2.78. The van der Waals surface area contributed by atoms with Crippen molar-refractivity contribution in [2.45, 2.75) is 44.5 Å². The first-order chi connectivity index (χ1) is 9.43. The molecule has 4 atom stereocenters. The summed E-state index contributed by atoms with van der Waals surface area (Å²) < 4.78 is 5.25. The van der Waals surface area contributed by atoms with E-state index in [1.165, 1.54) is 0 Å². The minimum absolute atomic E-state index is 0.231. The summed E-state index contributed by atoms with van der Waals surface area (Å²) in [6, 6.07) is 0. The van der Waals surface area contributed by atoms with Crippen LogP contribution >= 0.6 is 0 Å². The van der Waals surface area contributed by atoms with Crippen LogP contribution in [-0.4, -0.2) is 34.6 Å². The smallest absolute Gasteiger partial charge is 0.334 e. The molecule has 2 N–H and O–H groups in total. The highest BCUT2D eigenvalue weighted by Crippen LogP contribution is 2.35. The first-order valence-electron chi connectivity index (χ1n) is 6.67. The second-order valence-electron chi connectivity index (χ2n) is 5.50. The number of hydrogen-bond acceptors (Lipinski definition) is 5. The molecule has 5 nitrogen and oxygen atoms in total. The number of hydrogen-bond donors (Lipinski definition) is 2. The molecule has 0 bridgehead atoms. The van der Waals surface area contributed by atoms with Gasteiger partial charge in [0, 0.05) is 5.57 Å². The van der Waals surface area contributed by atoms with Crippen molar-refractivity contribution in [1.29, 1.82) is 0 Å². The summed E-state index contributed by atoms with van der Waals surface area (Å²) in [5.74, 6) is -0.949. The summed E-state index contributed by atoms with van der Waals surface area (Å²) >= 11 is 0. The van der Waals surface area contributed by atoms with Crippen LogP contribution in [0.3, 0.4) is 0 Å². The van der Waals surface area contributed by atoms with Crippen LogP contribution in [0.2, 0.25) is 0 Å². The average molecular weight is 280 g/mol. The van der Waals surface area contributed by atoms with Crippen LogP contribution in [0.1, 0.15) is 26.2 Å². The largest absolute Gasteiger partial charge is 0.454 e. The normalized spacial score (nSPS) is 35.4. The van der Waals surface area contributed by atoms with Crippen LogP contribution < -0.4 is 0 Å². The highest BCUT2D eigenvalue weighted by Gasteiger charge is 2.42. The third-order valence-corrected chi connectivity index (χ3v) is 3.98. The van der Waals surface area contributed by atoms with Crippen LogP contribution in [0.4, 0.5) is 0 Å². The molecule has 2 rings (SSSR count). The van der Waals surface area contributed by atoms with E-state index in [9.17, 15) is 9.90 Å².